The molecule has 1 aliphatic carbocycles. The number of nitrogens with zero attached hydrogens (tertiary/aromatic N) is 2. The van der Waals surface area contributed by atoms with Crippen LogP contribution in [0.3, 0.4) is 0 Å². The molecule has 1 amide bonds. The molecule has 1 aromatic carbocycles. The van der Waals surface area contributed by atoms with Gasteiger partial charge in [-0.05, 0) is 37.0 Å². The summed E-state index contributed by atoms with van der Waals surface area (Å²) in [4.78, 5) is 22.9. The van der Waals surface area contributed by atoms with E-state index in [0.29, 0.717) is 13.2 Å². The number of hydrogen-bond donors (Lipinski definition) is 3. The van der Waals surface area contributed by atoms with Crippen molar-refractivity contribution >= 4 is 44.1 Å². The van der Waals surface area contributed by atoms with Gasteiger partial charge in [-0.25, -0.2) is 27.2 Å². The number of carbonyl (C=O) groups is 1. The second kappa shape index (κ2) is 8.58. The maximum atomic E-state index is 13.3. The Morgan fingerprint density at radius 2 is 1.97 bits per heavy atom. The number of rotatable bonds is 7. The molecule has 3 N–H and O–H groups in total. The van der Waals surface area contributed by atoms with Crippen LogP contribution in [0.25, 0.3) is 11.2 Å². The standard InChI is InChI=1S/C22H23F2N5O4S/c1-34(31,32)16-8-12(13-6-7-33-10-13)4-5-14(16)25-15-9-17(27-22(30)11-2-3-11)26-20-18(15)28-21(29-20)19(23)24/h4-5,8-9,11,13,19H,2-3,6-7,10H2,1H3,(H3,25,26,27,28,29,30)/t13-/m0/s1. The number of halogens is 2. The van der Waals surface area contributed by atoms with Crippen molar-refractivity contribution in [2.24, 2.45) is 5.92 Å². The summed E-state index contributed by atoms with van der Waals surface area (Å²) in [5.41, 5.74) is 1.50. The number of carbonyl (C=O) groups excluding carboxylic acids is 1. The minimum atomic E-state index is -3.64. The number of hydrogen-bond acceptors (Lipinski definition) is 7. The lowest BCUT2D eigenvalue weighted by molar-refractivity contribution is -0.117. The van der Waals surface area contributed by atoms with Crippen molar-refractivity contribution in [2.45, 2.75) is 36.5 Å². The number of fused-ring (bicyclic) bond motifs is 1. The fourth-order valence-electron chi connectivity index (χ4n) is 3.99. The van der Waals surface area contributed by atoms with Crippen LogP contribution in [0.2, 0.25) is 0 Å². The van der Waals surface area contributed by atoms with Crippen LogP contribution in [0, 0.1) is 5.92 Å². The predicted octanol–water partition coefficient (Wildman–Crippen LogP) is 3.90. The summed E-state index contributed by atoms with van der Waals surface area (Å²) in [7, 11) is -3.64. The molecule has 0 bridgehead atoms. The van der Waals surface area contributed by atoms with Crippen LogP contribution < -0.4 is 10.6 Å². The highest BCUT2D eigenvalue weighted by atomic mass is 32.2. The molecule has 34 heavy (non-hydrogen) atoms. The minimum absolute atomic E-state index is 0.0482. The third-order valence-corrected chi connectivity index (χ3v) is 7.09. The highest BCUT2D eigenvalue weighted by molar-refractivity contribution is 7.90. The van der Waals surface area contributed by atoms with Gasteiger partial charge in [-0.15, -0.1) is 0 Å². The topological polar surface area (TPSA) is 126 Å². The van der Waals surface area contributed by atoms with E-state index in [2.05, 4.69) is 25.6 Å². The Morgan fingerprint density at radius 1 is 1.18 bits per heavy atom. The third kappa shape index (κ3) is 4.60. The monoisotopic (exact) mass is 491 g/mol. The molecule has 2 fully saturated rings. The summed E-state index contributed by atoms with van der Waals surface area (Å²) in [6.07, 6.45) is 0.624. The molecule has 1 saturated carbocycles. The molecule has 12 heteroatoms. The van der Waals surface area contributed by atoms with E-state index < -0.39 is 22.1 Å². The first-order valence-corrected chi connectivity index (χ1v) is 12.8. The van der Waals surface area contributed by atoms with Gasteiger partial charge in [-0.1, -0.05) is 6.07 Å². The van der Waals surface area contributed by atoms with Crippen molar-refractivity contribution in [3.05, 3.63) is 35.7 Å². The van der Waals surface area contributed by atoms with Gasteiger partial charge in [0.15, 0.2) is 21.3 Å². The molecule has 2 aliphatic rings. The molecular formula is C22H23F2N5O4S. The van der Waals surface area contributed by atoms with Gasteiger partial charge in [-0.3, -0.25) is 4.79 Å². The lowest BCUT2D eigenvalue weighted by atomic mass is 9.98. The van der Waals surface area contributed by atoms with Crippen LogP contribution in [-0.2, 0) is 19.4 Å². The number of ether oxygens (including phenoxy) is 1. The number of H-pyrrole nitrogens is 1. The van der Waals surface area contributed by atoms with Crippen LogP contribution in [0.5, 0.6) is 0 Å². The molecule has 3 heterocycles. The first-order valence-electron chi connectivity index (χ1n) is 10.9. The zero-order chi connectivity index (χ0) is 24.0. The molecule has 2 aromatic heterocycles. The quantitative estimate of drug-likeness (QED) is 0.458. The molecule has 5 rings (SSSR count). The normalized spacial score (nSPS) is 18.5. The molecule has 0 spiro atoms. The fraction of sp³-hybridized carbons (Fsp3) is 0.409. The van der Waals surface area contributed by atoms with E-state index in [0.717, 1.165) is 31.1 Å². The van der Waals surface area contributed by atoms with E-state index >= 15 is 0 Å². The van der Waals surface area contributed by atoms with E-state index in [1.54, 1.807) is 12.1 Å². The van der Waals surface area contributed by atoms with Gasteiger partial charge < -0.3 is 20.4 Å². The Hall–Kier alpha value is -3.12. The van der Waals surface area contributed by atoms with E-state index in [4.69, 9.17) is 4.74 Å². The molecule has 0 radical (unpaired) electrons. The van der Waals surface area contributed by atoms with Gasteiger partial charge in [-0.2, -0.15) is 0 Å². The predicted molar refractivity (Wildman–Crippen MR) is 121 cm³/mol. The van der Waals surface area contributed by atoms with Crippen LogP contribution in [0.1, 0.15) is 43.0 Å². The number of sulfone groups is 1. The summed E-state index contributed by atoms with van der Waals surface area (Å²) < 4.78 is 57.2. The summed E-state index contributed by atoms with van der Waals surface area (Å²) in [6.45, 7) is 1.14. The number of imidazole rings is 1. The summed E-state index contributed by atoms with van der Waals surface area (Å²) in [5.74, 6) is -0.609. The van der Waals surface area contributed by atoms with E-state index in [9.17, 15) is 22.0 Å². The minimum Gasteiger partial charge on any atom is -0.381 e. The SMILES string of the molecule is CS(=O)(=O)c1cc([C@H]2CCOC2)ccc1Nc1cc(NC(=O)C2CC2)nc2[nH]c(C(F)F)nc12. The van der Waals surface area contributed by atoms with Crippen molar-refractivity contribution < 1.29 is 26.7 Å². The first kappa shape index (κ1) is 22.7. The number of alkyl halides is 2. The molecule has 3 aromatic rings. The first-order chi connectivity index (χ1) is 16.2. The largest absolute Gasteiger partial charge is 0.381 e. The van der Waals surface area contributed by atoms with E-state index in [-0.39, 0.29) is 51.0 Å². The number of aromatic nitrogens is 3. The van der Waals surface area contributed by atoms with Crippen LogP contribution in [0.15, 0.2) is 29.2 Å². The summed E-state index contributed by atoms with van der Waals surface area (Å²) in [5, 5.41) is 5.72. The second-order valence-corrected chi connectivity index (χ2v) is 10.6. The molecular weight excluding hydrogens is 468 g/mol. The lowest BCUT2D eigenvalue weighted by Crippen LogP contribution is -2.14. The highest BCUT2D eigenvalue weighted by Crippen LogP contribution is 2.35. The summed E-state index contributed by atoms with van der Waals surface area (Å²) >= 11 is 0. The van der Waals surface area contributed by atoms with Crippen molar-refractivity contribution in [1.29, 1.82) is 0 Å². The number of amides is 1. The average Bonchev–Trinajstić information content (AvgIpc) is 3.30. The Bertz CT molecular complexity index is 1370. The second-order valence-electron chi connectivity index (χ2n) is 8.65. The molecule has 9 nitrogen and oxygen atoms in total. The highest BCUT2D eigenvalue weighted by Gasteiger charge is 2.30. The van der Waals surface area contributed by atoms with Crippen molar-refractivity contribution in [3.63, 3.8) is 0 Å². The molecule has 1 atom stereocenters. The molecule has 1 saturated heterocycles. The molecule has 180 valence electrons. The molecule has 0 unspecified atom stereocenters. The maximum absolute atomic E-state index is 13.3. The zero-order valence-corrected chi connectivity index (χ0v) is 19.1. The Morgan fingerprint density at radius 3 is 2.62 bits per heavy atom. The van der Waals surface area contributed by atoms with Gasteiger partial charge in [0.25, 0.3) is 6.43 Å². The van der Waals surface area contributed by atoms with Gasteiger partial charge in [0, 0.05) is 30.8 Å². The number of pyridine rings is 1. The van der Waals surface area contributed by atoms with Crippen LogP contribution in [-0.4, -0.2) is 48.7 Å². The molecule has 1 aliphatic heterocycles. The van der Waals surface area contributed by atoms with Crippen LogP contribution >= 0.6 is 0 Å². The fourth-order valence-corrected chi connectivity index (χ4v) is 4.86. The van der Waals surface area contributed by atoms with E-state index in [1.807, 2.05) is 6.07 Å². The van der Waals surface area contributed by atoms with Gasteiger partial charge >= 0.3 is 0 Å². The van der Waals surface area contributed by atoms with Crippen LogP contribution in [0.4, 0.5) is 26.0 Å². The lowest BCUT2D eigenvalue weighted by Gasteiger charge is -2.16. The van der Waals surface area contributed by atoms with Gasteiger partial charge in [0.2, 0.25) is 5.91 Å². The van der Waals surface area contributed by atoms with Crippen molar-refractivity contribution in [2.75, 3.05) is 30.1 Å². The Labute approximate surface area is 194 Å². The van der Waals surface area contributed by atoms with Crippen molar-refractivity contribution in [1.82, 2.24) is 15.0 Å². The van der Waals surface area contributed by atoms with Gasteiger partial charge in [0.1, 0.15) is 11.3 Å². The average molecular weight is 492 g/mol. The number of benzene rings is 1. The van der Waals surface area contributed by atoms with E-state index in [1.165, 1.54) is 6.07 Å². The number of nitrogens with one attached hydrogen (secondary N) is 3. The zero-order valence-electron chi connectivity index (χ0n) is 18.3. The van der Waals surface area contributed by atoms with Gasteiger partial charge in [0.05, 0.1) is 22.9 Å². The maximum Gasteiger partial charge on any atom is 0.295 e. The third-order valence-electron chi connectivity index (χ3n) is 5.95. The summed E-state index contributed by atoms with van der Waals surface area (Å²) in [6, 6.07) is 6.53. The Kier molecular flexibility index (Phi) is 5.72. The smallest absolute Gasteiger partial charge is 0.295 e. The number of aromatic amines is 1. The van der Waals surface area contributed by atoms with Crippen molar-refractivity contribution in [3.8, 4) is 0 Å². The Balaban J connectivity index is 1.57. The number of anilines is 3.